The minimum atomic E-state index is -0.323. The number of rotatable bonds is 3. The van der Waals surface area contributed by atoms with Crippen molar-refractivity contribution in [1.29, 1.82) is 0 Å². The first-order valence-corrected chi connectivity index (χ1v) is 7.72. The Labute approximate surface area is 126 Å². The van der Waals surface area contributed by atoms with Crippen LogP contribution in [0.15, 0.2) is 18.5 Å². The summed E-state index contributed by atoms with van der Waals surface area (Å²) in [5, 5.41) is 14.7. The quantitative estimate of drug-likeness (QED) is 0.943. The lowest BCUT2D eigenvalue weighted by molar-refractivity contribution is 0.0978. The van der Waals surface area contributed by atoms with E-state index in [1.807, 2.05) is 10.9 Å². The Morgan fingerprint density at radius 3 is 2.76 bits per heavy atom. The van der Waals surface area contributed by atoms with Gasteiger partial charge in [-0.2, -0.15) is 5.10 Å². The van der Waals surface area contributed by atoms with E-state index in [1.54, 1.807) is 0 Å². The zero-order chi connectivity index (χ0) is 15.2. The highest BCUT2D eigenvalue weighted by Gasteiger charge is 2.33. The smallest absolute Gasteiger partial charge is 0.0812 e. The van der Waals surface area contributed by atoms with Crippen molar-refractivity contribution < 1.29 is 5.11 Å². The number of aryl methyl sites for hydroxylation is 3. The van der Waals surface area contributed by atoms with Gasteiger partial charge in [-0.15, -0.1) is 0 Å². The molecule has 0 aromatic carbocycles. The van der Waals surface area contributed by atoms with E-state index in [0.717, 1.165) is 31.5 Å². The summed E-state index contributed by atoms with van der Waals surface area (Å²) in [6.45, 7) is 10.4. The predicted octanol–water partition coefficient (Wildman–Crippen LogP) is 3.01. The van der Waals surface area contributed by atoms with Gasteiger partial charge in [0.25, 0.3) is 0 Å². The molecule has 1 aliphatic carbocycles. The van der Waals surface area contributed by atoms with Crippen molar-refractivity contribution in [2.45, 2.75) is 59.7 Å². The molecule has 0 saturated carbocycles. The SMILES string of the molecule is Cc1cnn(CCn2c(C)cc3c2CC(C)(C)CC3O)c1. The summed E-state index contributed by atoms with van der Waals surface area (Å²) in [7, 11) is 0. The molecule has 0 spiro atoms. The van der Waals surface area contributed by atoms with Crippen molar-refractivity contribution >= 4 is 0 Å². The fourth-order valence-electron chi connectivity index (χ4n) is 3.50. The van der Waals surface area contributed by atoms with Crippen LogP contribution in [0.3, 0.4) is 0 Å². The normalized spacial score (nSPS) is 20.5. The van der Waals surface area contributed by atoms with E-state index in [4.69, 9.17) is 0 Å². The zero-order valence-electron chi connectivity index (χ0n) is 13.4. The fraction of sp³-hybridized carbons (Fsp3) is 0.588. The molecule has 2 heterocycles. The minimum absolute atomic E-state index is 0.164. The van der Waals surface area contributed by atoms with Gasteiger partial charge in [0.15, 0.2) is 0 Å². The van der Waals surface area contributed by atoms with Crippen molar-refractivity contribution in [2.24, 2.45) is 5.41 Å². The molecule has 21 heavy (non-hydrogen) atoms. The number of hydrogen-bond acceptors (Lipinski definition) is 2. The lowest BCUT2D eigenvalue weighted by atomic mass is 9.75. The fourth-order valence-corrected chi connectivity index (χ4v) is 3.50. The van der Waals surface area contributed by atoms with Crippen molar-refractivity contribution in [1.82, 2.24) is 14.3 Å². The summed E-state index contributed by atoms with van der Waals surface area (Å²) >= 11 is 0. The Bertz CT molecular complexity index is 651. The van der Waals surface area contributed by atoms with Crippen LogP contribution in [0.1, 0.15) is 48.9 Å². The van der Waals surface area contributed by atoms with Crippen LogP contribution in [-0.4, -0.2) is 19.5 Å². The minimum Gasteiger partial charge on any atom is -0.388 e. The monoisotopic (exact) mass is 287 g/mol. The standard InChI is InChI=1S/C17H25N3O/c1-12-10-18-19(11-12)5-6-20-13(2)7-14-15(20)8-17(3,4)9-16(14)21/h7,10-11,16,21H,5-6,8-9H2,1-4H3. The molecule has 2 aromatic heterocycles. The first-order valence-electron chi connectivity index (χ1n) is 7.72. The first-order chi connectivity index (χ1) is 9.85. The number of aromatic nitrogens is 3. The van der Waals surface area contributed by atoms with Gasteiger partial charge in [-0.25, -0.2) is 0 Å². The maximum absolute atomic E-state index is 10.4. The molecule has 0 radical (unpaired) electrons. The molecule has 1 N–H and O–H groups in total. The molecule has 1 unspecified atom stereocenters. The van der Waals surface area contributed by atoms with Gasteiger partial charge < -0.3 is 9.67 Å². The van der Waals surface area contributed by atoms with E-state index in [1.165, 1.54) is 17.0 Å². The van der Waals surface area contributed by atoms with E-state index in [0.29, 0.717) is 0 Å². The van der Waals surface area contributed by atoms with Gasteiger partial charge in [0.2, 0.25) is 0 Å². The van der Waals surface area contributed by atoms with Crippen LogP contribution in [-0.2, 0) is 19.5 Å². The van der Waals surface area contributed by atoms with Gasteiger partial charge in [-0.1, -0.05) is 13.8 Å². The van der Waals surface area contributed by atoms with Crippen molar-refractivity contribution in [2.75, 3.05) is 0 Å². The summed E-state index contributed by atoms with van der Waals surface area (Å²) in [5.41, 5.74) is 5.03. The Morgan fingerprint density at radius 2 is 2.10 bits per heavy atom. The van der Waals surface area contributed by atoms with Gasteiger partial charge in [0, 0.05) is 29.7 Å². The van der Waals surface area contributed by atoms with Crippen LogP contribution in [0.5, 0.6) is 0 Å². The molecule has 1 aliphatic rings. The molecular weight excluding hydrogens is 262 g/mol. The zero-order valence-corrected chi connectivity index (χ0v) is 13.4. The Kier molecular flexibility index (Phi) is 3.44. The van der Waals surface area contributed by atoms with E-state index in [2.05, 4.69) is 49.6 Å². The highest BCUT2D eigenvalue weighted by molar-refractivity contribution is 5.33. The summed E-state index contributed by atoms with van der Waals surface area (Å²) in [6, 6.07) is 2.16. The third-order valence-corrected chi connectivity index (χ3v) is 4.52. The second-order valence-electron chi connectivity index (χ2n) is 7.18. The molecule has 114 valence electrons. The van der Waals surface area contributed by atoms with E-state index in [-0.39, 0.29) is 11.5 Å². The molecule has 0 aliphatic heterocycles. The lowest BCUT2D eigenvalue weighted by Gasteiger charge is -2.34. The average molecular weight is 287 g/mol. The van der Waals surface area contributed by atoms with E-state index >= 15 is 0 Å². The van der Waals surface area contributed by atoms with Gasteiger partial charge >= 0.3 is 0 Å². The Balaban J connectivity index is 1.86. The number of nitrogens with zero attached hydrogens (tertiary/aromatic N) is 3. The molecule has 0 fully saturated rings. The highest BCUT2D eigenvalue weighted by atomic mass is 16.3. The van der Waals surface area contributed by atoms with Crippen LogP contribution in [0.4, 0.5) is 0 Å². The first kappa shape index (κ1) is 14.4. The summed E-state index contributed by atoms with van der Waals surface area (Å²) < 4.78 is 4.35. The second-order valence-corrected chi connectivity index (χ2v) is 7.18. The molecule has 4 heteroatoms. The van der Waals surface area contributed by atoms with Crippen molar-refractivity contribution in [3.63, 3.8) is 0 Å². The Hall–Kier alpha value is -1.55. The van der Waals surface area contributed by atoms with Crippen LogP contribution in [0, 0.1) is 19.3 Å². The molecule has 4 nitrogen and oxygen atoms in total. The second kappa shape index (κ2) is 5.02. The molecule has 0 bridgehead atoms. The Morgan fingerprint density at radius 1 is 1.33 bits per heavy atom. The maximum atomic E-state index is 10.4. The third kappa shape index (κ3) is 2.77. The van der Waals surface area contributed by atoms with Gasteiger partial charge in [0.1, 0.15) is 0 Å². The topological polar surface area (TPSA) is 43.0 Å². The number of fused-ring (bicyclic) bond motifs is 1. The van der Waals surface area contributed by atoms with Crippen LogP contribution < -0.4 is 0 Å². The van der Waals surface area contributed by atoms with Crippen molar-refractivity contribution in [3.05, 3.63) is 41.0 Å². The number of aliphatic hydroxyl groups excluding tert-OH is 1. The van der Waals surface area contributed by atoms with Gasteiger partial charge in [-0.05, 0) is 43.7 Å². The average Bonchev–Trinajstić information content (AvgIpc) is 2.90. The van der Waals surface area contributed by atoms with Crippen LogP contribution >= 0.6 is 0 Å². The molecule has 3 rings (SSSR count). The van der Waals surface area contributed by atoms with Crippen molar-refractivity contribution in [3.8, 4) is 0 Å². The third-order valence-electron chi connectivity index (χ3n) is 4.52. The van der Waals surface area contributed by atoms with E-state index < -0.39 is 0 Å². The van der Waals surface area contributed by atoms with Crippen LogP contribution in [0.25, 0.3) is 0 Å². The molecule has 0 amide bonds. The molecule has 1 atom stereocenters. The number of hydrogen-bond donors (Lipinski definition) is 1. The summed E-state index contributed by atoms with van der Waals surface area (Å²) in [5.74, 6) is 0. The summed E-state index contributed by atoms with van der Waals surface area (Å²) in [6.07, 6.45) is 5.53. The van der Waals surface area contributed by atoms with E-state index in [9.17, 15) is 5.11 Å². The van der Waals surface area contributed by atoms with Gasteiger partial charge in [-0.3, -0.25) is 4.68 Å². The van der Waals surface area contributed by atoms with Gasteiger partial charge in [0.05, 0.1) is 18.8 Å². The summed E-state index contributed by atoms with van der Waals surface area (Å²) in [4.78, 5) is 0. The largest absolute Gasteiger partial charge is 0.388 e. The molecule has 2 aromatic rings. The lowest BCUT2D eigenvalue weighted by Crippen LogP contribution is -2.27. The molecular formula is C17H25N3O. The molecule has 0 saturated heterocycles. The van der Waals surface area contributed by atoms with Crippen LogP contribution in [0.2, 0.25) is 0 Å². The highest BCUT2D eigenvalue weighted by Crippen LogP contribution is 2.41. The maximum Gasteiger partial charge on any atom is 0.0812 e. The number of aliphatic hydroxyl groups is 1. The predicted molar refractivity (Wildman–Crippen MR) is 83.2 cm³/mol.